The molecule has 2 rings (SSSR count). The Morgan fingerprint density at radius 2 is 2.00 bits per heavy atom. The van der Waals surface area contributed by atoms with Gasteiger partial charge in [-0.05, 0) is 24.1 Å². The van der Waals surface area contributed by atoms with Gasteiger partial charge in [0.1, 0.15) is 0 Å². The molecule has 0 radical (unpaired) electrons. The van der Waals surface area contributed by atoms with Crippen LogP contribution in [0, 0.1) is 11.3 Å². The molecule has 0 atom stereocenters. The molecule has 0 bridgehead atoms. The van der Waals surface area contributed by atoms with E-state index in [0.29, 0.717) is 19.6 Å². The minimum absolute atomic E-state index is 0.0325. The van der Waals surface area contributed by atoms with Gasteiger partial charge in [0.15, 0.2) is 11.5 Å². The molecule has 1 aromatic carbocycles. The van der Waals surface area contributed by atoms with E-state index < -0.39 is 0 Å². The quantitative estimate of drug-likeness (QED) is 0.801. The molecule has 1 aliphatic heterocycles. The lowest BCUT2D eigenvalue weighted by atomic mass is 9.75. The Labute approximate surface area is 107 Å². The van der Waals surface area contributed by atoms with Crippen LogP contribution in [0.5, 0.6) is 11.5 Å². The lowest BCUT2D eigenvalue weighted by molar-refractivity contribution is -0.0637. The van der Waals surface area contributed by atoms with E-state index in [9.17, 15) is 0 Å². The summed E-state index contributed by atoms with van der Waals surface area (Å²) in [6.45, 7) is 1.34. The molecular formula is C14H17NO3. The van der Waals surface area contributed by atoms with E-state index in [1.165, 1.54) is 0 Å². The third kappa shape index (κ3) is 2.14. The number of ether oxygens (including phenoxy) is 3. The highest BCUT2D eigenvalue weighted by Gasteiger charge is 2.40. The molecule has 1 fully saturated rings. The van der Waals surface area contributed by atoms with Crippen molar-refractivity contribution in [2.75, 3.05) is 27.4 Å². The highest BCUT2D eigenvalue weighted by atomic mass is 16.5. The first-order chi connectivity index (χ1) is 8.75. The summed E-state index contributed by atoms with van der Waals surface area (Å²) in [7, 11) is 3.25. The van der Waals surface area contributed by atoms with Crippen LogP contribution in [-0.2, 0) is 10.2 Å². The maximum atomic E-state index is 8.74. The van der Waals surface area contributed by atoms with Crippen molar-refractivity contribution in [3.63, 3.8) is 0 Å². The minimum atomic E-state index is -0.0325. The van der Waals surface area contributed by atoms with Crippen LogP contribution in [0.15, 0.2) is 18.2 Å². The van der Waals surface area contributed by atoms with Crippen LogP contribution in [0.2, 0.25) is 0 Å². The molecule has 0 unspecified atom stereocenters. The summed E-state index contributed by atoms with van der Waals surface area (Å²) in [5.74, 6) is 1.44. The predicted octanol–water partition coefficient (Wildman–Crippen LogP) is 2.28. The number of methoxy groups -OCH3 is 2. The monoisotopic (exact) mass is 247 g/mol. The topological polar surface area (TPSA) is 51.5 Å². The first-order valence-electron chi connectivity index (χ1n) is 5.93. The highest BCUT2D eigenvalue weighted by molar-refractivity contribution is 5.46. The molecule has 4 nitrogen and oxygen atoms in total. The standard InChI is InChI=1S/C14H17NO3/c1-16-12-5-4-11(8-13(12)17-2)14(6-3-7-15)9-18-10-14/h4-5,8H,3,6,9-10H2,1-2H3. The van der Waals surface area contributed by atoms with Crippen LogP contribution in [0.4, 0.5) is 0 Å². The Hall–Kier alpha value is -1.73. The molecule has 0 aliphatic carbocycles. The van der Waals surface area contributed by atoms with Gasteiger partial charge in [-0.15, -0.1) is 0 Å². The third-order valence-electron chi connectivity index (χ3n) is 3.47. The van der Waals surface area contributed by atoms with Gasteiger partial charge in [0.2, 0.25) is 0 Å². The molecule has 1 aromatic rings. The fraction of sp³-hybridized carbons (Fsp3) is 0.500. The fourth-order valence-electron chi connectivity index (χ4n) is 2.27. The second-order valence-electron chi connectivity index (χ2n) is 4.50. The van der Waals surface area contributed by atoms with Crippen LogP contribution in [-0.4, -0.2) is 27.4 Å². The number of hydrogen-bond donors (Lipinski definition) is 0. The van der Waals surface area contributed by atoms with Gasteiger partial charge in [0.25, 0.3) is 0 Å². The zero-order valence-electron chi connectivity index (χ0n) is 10.7. The Kier molecular flexibility index (Phi) is 3.73. The summed E-state index contributed by atoms with van der Waals surface area (Å²) >= 11 is 0. The number of rotatable bonds is 5. The van der Waals surface area contributed by atoms with Gasteiger partial charge in [-0.3, -0.25) is 0 Å². The van der Waals surface area contributed by atoms with Gasteiger partial charge in [-0.2, -0.15) is 5.26 Å². The van der Waals surface area contributed by atoms with E-state index >= 15 is 0 Å². The predicted molar refractivity (Wildman–Crippen MR) is 66.9 cm³/mol. The lowest BCUT2D eigenvalue weighted by Crippen LogP contribution is -2.46. The second kappa shape index (κ2) is 5.28. The van der Waals surface area contributed by atoms with Crippen LogP contribution in [0.1, 0.15) is 18.4 Å². The van der Waals surface area contributed by atoms with Crippen molar-refractivity contribution in [1.82, 2.24) is 0 Å². The first kappa shape index (κ1) is 12.7. The average Bonchev–Trinajstić information content (AvgIpc) is 2.37. The van der Waals surface area contributed by atoms with Crippen molar-refractivity contribution in [2.24, 2.45) is 0 Å². The summed E-state index contributed by atoms with van der Waals surface area (Å²) < 4.78 is 15.9. The summed E-state index contributed by atoms with van der Waals surface area (Å²) in [4.78, 5) is 0. The van der Waals surface area contributed by atoms with Crippen LogP contribution < -0.4 is 9.47 Å². The molecule has 0 saturated carbocycles. The number of nitrogens with zero attached hydrogens (tertiary/aromatic N) is 1. The number of benzene rings is 1. The zero-order valence-corrected chi connectivity index (χ0v) is 10.7. The van der Waals surface area contributed by atoms with Crippen molar-refractivity contribution >= 4 is 0 Å². The SMILES string of the molecule is COc1ccc(C2(CCC#N)COC2)cc1OC. The fourth-order valence-corrected chi connectivity index (χ4v) is 2.27. The lowest BCUT2D eigenvalue weighted by Gasteiger charge is -2.41. The Bertz CT molecular complexity index is 461. The van der Waals surface area contributed by atoms with E-state index in [1.807, 2.05) is 18.2 Å². The Morgan fingerprint density at radius 1 is 1.28 bits per heavy atom. The van der Waals surface area contributed by atoms with Crippen molar-refractivity contribution in [3.8, 4) is 17.6 Å². The van der Waals surface area contributed by atoms with E-state index in [1.54, 1.807) is 14.2 Å². The Balaban J connectivity index is 2.29. The molecule has 96 valence electrons. The van der Waals surface area contributed by atoms with Gasteiger partial charge >= 0.3 is 0 Å². The molecule has 1 saturated heterocycles. The zero-order chi connectivity index (χ0) is 13.0. The average molecular weight is 247 g/mol. The van der Waals surface area contributed by atoms with Gasteiger partial charge in [0, 0.05) is 11.8 Å². The van der Waals surface area contributed by atoms with Crippen molar-refractivity contribution < 1.29 is 14.2 Å². The van der Waals surface area contributed by atoms with Crippen molar-refractivity contribution in [3.05, 3.63) is 23.8 Å². The van der Waals surface area contributed by atoms with E-state index in [2.05, 4.69) is 6.07 Å². The van der Waals surface area contributed by atoms with E-state index in [-0.39, 0.29) is 5.41 Å². The Morgan fingerprint density at radius 3 is 2.50 bits per heavy atom. The van der Waals surface area contributed by atoms with E-state index in [0.717, 1.165) is 23.5 Å². The number of hydrogen-bond acceptors (Lipinski definition) is 4. The molecule has 0 aromatic heterocycles. The van der Waals surface area contributed by atoms with Gasteiger partial charge in [0.05, 0.1) is 33.5 Å². The number of nitriles is 1. The smallest absolute Gasteiger partial charge is 0.161 e. The molecule has 0 N–H and O–H groups in total. The second-order valence-corrected chi connectivity index (χ2v) is 4.50. The summed E-state index contributed by atoms with van der Waals surface area (Å²) in [5, 5.41) is 8.74. The minimum Gasteiger partial charge on any atom is -0.493 e. The maximum absolute atomic E-state index is 8.74. The normalized spacial score (nSPS) is 16.5. The molecule has 1 heterocycles. The molecular weight excluding hydrogens is 230 g/mol. The van der Waals surface area contributed by atoms with Gasteiger partial charge in [-0.25, -0.2) is 0 Å². The van der Waals surface area contributed by atoms with E-state index in [4.69, 9.17) is 19.5 Å². The molecule has 0 amide bonds. The van der Waals surface area contributed by atoms with Crippen molar-refractivity contribution in [1.29, 1.82) is 5.26 Å². The molecule has 4 heteroatoms. The van der Waals surface area contributed by atoms with Gasteiger partial charge in [-0.1, -0.05) is 6.07 Å². The van der Waals surface area contributed by atoms with Crippen LogP contribution in [0.3, 0.4) is 0 Å². The molecule has 1 aliphatic rings. The van der Waals surface area contributed by atoms with Crippen LogP contribution >= 0.6 is 0 Å². The largest absolute Gasteiger partial charge is 0.493 e. The molecule has 18 heavy (non-hydrogen) atoms. The summed E-state index contributed by atoms with van der Waals surface area (Å²) in [6, 6.07) is 8.12. The summed E-state index contributed by atoms with van der Waals surface area (Å²) in [5.41, 5.74) is 1.12. The maximum Gasteiger partial charge on any atom is 0.161 e. The first-order valence-corrected chi connectivity index (χ1v) is 5.93. The highest BCUT2D eigenvalue weighted by Crippen LogP contribution is 2.40. The third-order valence-corrected chi connectivity index (χ3v) is 3.47. The summed E-state index contributed by atoms with van der Waals surface area (Å²) in [6.07, 6.45) is 1.36. The van der Waals surface area contributed by atoms with Crippen molar-refractivity contribution in [2.45, 2.75) is 18.3 Å². The van der Waals surface area contributed by atoms with Crippen LogP contribution in [0.25, 0.3) is 0 Å². The molecule has 0 spiro atoms. The van der Waals surface area contributed by atoms with Gasteiger partial charge < -0.3 is 14.2 Å².